The molecule has 1 atom stereocenters. The largest absolute Gasteiger partial charge is 0.395 e. The van der Waals surface area contributed by atoms with E-state index in [4.69, 9.17) is 0 Å². The highest BCUT2D eigenvalue weighted by Gasteiger charge is 2.32. The fourth-order valence-corrected chi connectivity index (χ4v) is 2.82. The Kier molecular flexibility index (Phi) is 5.83. The van der Waals surface area contributed by atoms with Crippen LogP contribution in [0.2, 0.25) is 0 Å². The zero-order valence-corrected chi connectivity index (χ0v) is 15.1. The van der Waals surface area contributed by atoms with Gasteiger partial charge in [0.15, 0.2) is 0 Å². The lowest BCUT2D eigenvalue weighted by Gasteiger charge is -2.32. The summed E-state index contributed by atoms with van der Waals surface area (Å²) >= 11 is 0. The molecular formula is C20H22N4O3. The van der Waals surface area contributed by atoms with Crippen LogP contribution in [0.4, 0.5) is 5.69 Å². The second-order valence-corrected chi connectivity index (χ2v) is 6.21. The van der Waals surface area contributed by atoms with E-state index in [-0.39, 0.29) is 30.8 Å². The predicted molar refractivity (Wildman–Crippen MR) is 103 cm³/mol. The Labute approximate surface area is 157 Å². The number of aliphatic imine (C=N–C) groups is 1. The lowest BCUT2D eigenvalue weighted by Crippen LogP contribution is -2.58. The van der Waals surface area contributed by atoms with Crippen LogP contribution in [0.3, 0.4) is 0 Å². The summed E-state index contributed by atoms with van der Waals surface area (Å²) in [5.41, 5.74) is 4.41. The molecule has 0 fully saturated rings. The van der Waals surface area contributed by atoms with E-state index < -0.39 is 6.04 Å². The molecule has 0 spiro atoms. The van der Waals surface area contributed by atoms with Crippen molar-refractivity contribution in [3.63, 3.8) is 0 Å². The first-order valence-corrected chi connectivity index (χ1v) is 8.77. The van der Waals surface area contributed by atoms with Gasteiger partial charge >= 0.3 is 0 Å². The Hall–Kier alpha value is -3.19. The Balaban J connectivity index is 1.82. The van der Waals surface area contributed by atoms with Gasteiger partial charge in [-0.1, -0.05) is 48.5 Å². The first kappa shape index (κ1) is 18.6. The van der Waals surface area contributed by atoms with Crippen molar-refractivity contribution in [3.8, 4) is 0 Å². The average Bonchev–Trinajstić information content (AvgIpc) is 2.70. The zero-order valence-electron chi connectivity index (χ0n) is 15.1. The van der Waals surface area contributed by atoms with Crippen molar-refractivity contribution in [2.75, 3.05) is 18.2 Å². The van der Waals surface area contributed by atoms with Gasteiger partial charge in [0.2, 0.25) is 5.84 Å². The monoisotopic (exact) mass is 366 g/mol. The minimum Gasteiger partial charge on any atom is -0.395 e. The molecule has 1 unspecified atom stereocenters. The molecule has 7 heteroatoms. The summed E-state index contributed by atoms with van der Waals surface area (Å²) < 4.78 is 0. The number of amidine groups is 1. The van der Waals surface area contributed by atoms with Crippen molar-refractivity contribution in [3.05, 3.63) is 66.2 Å². The van der Waals surface area contributed by atoms with Gasteiger partial charge < -0.3 is 10.0 Å². The van der Waals surface area contributed by atoms with Gasteiger partial charge in [0.1, 0.15) is 6.04 Å². The fourth-order valence-electron chi connectivity index (χ4n) is 2.82. The van der Waals surface area contributed by atoms with Gasteiger partial charge in [-0.15, -0.1) is 0 Å². The number of hydrogen-bond acceptors (Lipinski definition) is 5. The summed E-state index contributed by atoms with van der Waals surface area (Å²) in [7, 11) is 0. The lowest BCUT2D eigenvalue weighted by molar-refractivity contribution is -0.125. The van der Waals surface area contributed by atoms with Crippen LogP contribution in [0.15, 0.2) is 65.7 Å². The number of para-hydroxylation sites is 1. The molecule has 0 aromatic heterocycles. The number of amides is 2. The Morgan fingerprint density at radius 1 is 1.15 bits per heavy atom. The number of hydrazine groups is 1. The van der Waals surface area contributed by atoms with Crippen molar-refractivity contribution in [1.29, 1.82) is 0 Å². The molecule has 27 heavy (non-hydrogen) atoms. The topological polar surface area (TPSA) is 85.2 Å². The van der Waals surface area contributed by atoms with E-state index in [9.17, 15) is 14.7 Å². The number of benzene rings is 2. The van der Waals surface area contributed by atoms with Gasteiger partial charge in [0, 0.05) is 13.1 Å². The van der Waals surface area contributed by atoms with Crippen molar-refractivity contribution < 1.29 is 14.7 Å². The Morgan fingerprint density at radius 2 is 1.78 bits per heavy atom. The van der Waals surface area contributed by atoms with Crippen molar-refractivity contribution in [1.82, 2.24) is 10.3 Å². The summed E-state index contributed by atoms with van der Waals surface area (Å²) in [6.45, 7) is 2.00. The minimum absolute atomic E-state index is 0.0790. The predicted octanol–water partition coefficient (Wildman–Crippen LogP) is 1.35. The van der Waals surface area contributed by atoms with E-state index in [1.54, 1.807) is 19.1 Å². The number of nitrogens with one attached hydrogen (secondary N) is 1. The van der Waals surface area contributed by atoms with Crippen molar-refractivity contribution in [2.24, 2.45) is 4.99 Å². The SMILES string of the molecule is CC1N=C(C(=O)N(CCO)Cc2ccccc2)NN(c2ccccc2)C1=O. The number of nitrogens with zero attached hydrogens (tertiary/aromatic N) is 3. The molecule has 7 nitrogen and oxygen atoms in total. The number of aliphatic hydroxyl groups is 1. The average molecular weight is 366 g/mol. The standard InChI is InChI=1S/C20H22N4O3/c1-15-19(26)24(17-10-6-3-7-11-17)22-18(21-15)20(27)23(12-13-25)14-16-8-4-2-5-9-16/h2-11,15,25H,12-14H2,1H3,(H,21,22). The van der Waals surface area contributed by atoms with E-state index in [0.29, 0.717) is 12.2 Å². The maximum Gasteiger partial charge on any atom is 0.291 e. The van der Waals surface area contributed by atoms with Gasteiger partial charge in [-0.05, 0) is 24.6 Å². The maximum absolute atomic E-state index is 13.0. The molecule has 0 aliphatic carbocycles. The van der Waals surface area contributed by atoms with E-state index in [2.05, 4.69) is 10.4 Å². The first-order chi connectivity index (χ1) is 13.1. The molecular weight excluding hydrogens is 344 g/mol. The summed E-state index contributed by atoms with van der Waals surface area (Å²) in [6, 6.07) is 17.9. The van der Waals surface area contributed by atoms with Crippen LogP contribution in [0.25, 0.3) is 0 Å². The van der Waals surface area contributed by atoms with Crippen molar-refractivity contribution in [2.45, 2.75) is 19.5 Å². The van der Waals surface area contributed by atoms with Crippen LogP contribution in [-0.2, 0) is 16.1 Å². The van der Waals surface area contributed by atoms with Crippen LogP contribution in [0.5, 0.6) is 0 Å². The van der Waals surface area contributed by atoms with Gasteiger partial charge in [0.05, 0.1) is 12.3 Å². The summed E-state index contributed by atoms with van der Waals surface area (Å²) in [5, 5.41) is 10.7. The van der Waals surface area contributed by atoms with E-state index in [1.165, 1.54) is 9.91 Å². The molecule has 0 saturated carbocycles. The second kappa shape index (κ2) is 8.46. The molecule has 0 bridgehead atoms. The summed E-state index contributed by atoms with van der Waals surface area (Å²) in [5.74, 6) is -0.530. The molecule has 140 valence electrons. The Morgan fingerprint density at radius 3 is 2.41 bits per heavy atom. The zero-order chi connectivity index (χ0) is 19.2. The van der Waals surface area contributed by atoms with Gasteiger partial charge in [0.25, 0.3) is 11.8 Å². The minimum atomic E-state index is -0.682. The highest BCUT2D eigenvalue weighted by Crippen LogP contribution is 2.16. The van der Waals surface area contributed by atoms with Crippen LogP contribution in [0.1, 0.15) is 12.5 Å². The van der Waals surface area contributed by atoms with Crippen molar-refractivity contribution >= 4 is 23.3 Å². The molecule has 1 heterocycles. The second-order valence-electron chi connectivity index (χ2n) is 6.21. The number of anilines is 1. The maximum atomic E-state index is 13.0. The number of aliphatic hydroxyl groups excluding tert-OH is 1. The number of hydrogen-bond donors (Lipinski definition) is 2. The number of carbonyl (C=O) groups excluding carboxylic acids is 2. The fraction of sp³-hybridized carbons (Fsp3) is 0.250. The van der Waals surface area contributed by atoms with Crippen LogP contribution >= 0.6 is 0 Å². The molecule has 1 aliphatic heterocycles. The molecule has 2 amide bonds. The molecule has 1 aliphatic rings. The molecule has 2 aromatic carbocycles. The summed E-state index contributed by atoms with van der Waals surface area (Å²) in [4.78, 5) is 31.2. The highest BCUT2D eigenvalue weighted by molar-refractivity contribution is 6.39. The van der Waals surface area contributed by atoms with Crippen LogP contribution < -0.4 is 10.4 Å². The molecule has 3 rings (SSSR count). The molecule has 0 saturated heterocycles. The van der Waals surface area contributed by atoms with Crippen LogP contribution in [-0.4, -0.2) is 46.8 Å². The third-order valence-electron chi connectivity index (χ3n) is 4.21. The van der Waals surface area contributed by atoms with Gasteiger partial charge in [-0.2, -0.15) is 0 Å². The number of rotatable bonds is 6. The smallest absolute Gasteiger partial charge is 0.291 e. The lowest BCUT2D eigenvalue weighted by atomic mass is 10.2. The Bertz CT molecular complexity index is 824. The van der Waals surface area contributed by atoms with E-state index >= 15 is 0 Å². The summed E-state index contributed by atoms with van der Waals surface area (Å²) in [6.07, 6.45) is 0. The van der Waals surface area contributed by atoms with Gasteiger partial charge in [-0.25, -0.2) is 10.0 Å². The van der Waals surface area contributed by atoms with Gasteiger partial charge in [-0.3, -0.25) is 15.0 Å². The third-order valence-corrected chi connectivity index (χ3v) is 4.21. The highest BCUT2D eigenvalue weighted by atomic mass is 16.3. The van der Waals surface area contributed by atoms with E-state index in [0.717, 1.165) is 5.56 Å². The number of carbonyl (C=O) groups is 2. The normalized spacial score (nSPS) is 16.5. The molecule has 2 N–H and O–H groups in total. The molecule has 2 aromatic rings. The molecule has 0 radical (unpaired) electrons. The first-order valence-electron chi connectivity index (χ1n) is 8.77. The quantitative estimate of drug-likeness (QED) is 0.808. The van der Waals surface area contributed by atoms with Crippen LogP contribution in [0, 0.1) is 0 Å². The van der Waals surface area contributed by atoms with E-state index in [1.807, 2.05) is 48.5 Å². The third kappa shape index (κ3) is 4.32.